The quantitative estimate of drug-likeness (QED) is 0.788. The minimum Gasteiger partial charge on any atom is -0.469 e. The van der Waals surface area contributed by atoms with Crippen LogP contribution in [0.25, 0.3) is 11.4 Å². The number of nitrogens with two attached hydrogens (primary N) is 1. The summed E-state index contributed by atoms with van der Waals surface area (Å²) in [4.78, 5) is 4.36. The molecule has 0 aliphatic carbocycles. The fourth-order valence-electron chi connectivity index (χ4n) is 2.07. The van der Waals surface area contributed by atoms with Crippen molar-refractivity contribution in [3.05, 3.63) is 59.9 Å². The van der Waals surface area contributed by atoms with Gasteiger partial charge >= 0.3 is 0 Å². The molecule has 0 spiro atoms. The molecule has 0 saturated heterocycles. The van der Waals surface area contributed by atoms with Gasteiger partial charge in [-0.3, -0.25) is 0 Å². The number of rotatable bonds is 4. The number of benzene rings is 1. The molecule has 1 aromatic carbocycles. The van der Waals surface area contributed by atoms with Crippen molar-refractivity contribution < 1.29 is 8.94 Å². The number of aryl methyl sites for hydroxylation is 1. The van der Waals surface area contributed by atoms with Crippen molar-refractivity contribution in [2.75, 3.05) is 0 Å². The molecule has 2 N–H and O–H groups in total. The zero-order valence-corrected chi connectivity index (χ0v) is 11.1. The predicted octanol–water partition coefficient (Wildman–Crippen LogP) is 2.88. The van der Waals surface area contributed by atoms with Crippen LogP contribution in [0.1, 0.15) is 23.3 Å². The first-order chi connectivity index (χ1) is 9.74. The third-order valence-corrected chi connectivity index (χ3v) is 3.19. The Balaban J connectivity index is 1.77. The highest BCUT2D eigenvalue weighted by molar-refractivity contribution is 5.56. The highest BCUT2D eigenvalue weighted by Crippen LogP contribution is 2.22. The molecule has 0 aliphatic heterocycles. The topological polar surface area (TPSA) is 78.1 Å². The van der Waals surface area contributed by atoms with Gasteiger partial charge in [-0.05, 0) is 18.6 Å². The molecule has 0 fully saturated rings. The van der Waals surface area contributed by atoms with E-state index in [9.17, 15) is 0 Å². The van der Waals surface area contributed by atoms with Crippen molar-refractivity contribution >= 4 is 0 Å². The molecule has 0 aliphatic rings. The van der Waals surface area contributed by atoms with Crippen molar-refractivity contribution in [2.24, 2.45) is 5.73 Å². The van der Waals surface area contributed by atoms with Crippen LogP contribution in [-0.4, -0.2) is 10.1 Å². The van der Waals surface area contributed by atoms with E-state index in [0.29, 0.717) is 18.1 Å². The van der Waals surface area contributed by atoms with Gasteiger partial charge in [-0.15, -0.1) is 0 Å². The van der Waals surface area contributed by atoms with E-state index in [2.05, 4.69) is 10.1 Å². The summed E-state index contributed by atoms with van der Waals surface area (Å²) in [6.45, 7) is 1.86. The first-order valence-electron chi connectivity index (χ1n) is 6.41. The third-order valence-electron chi connectivity index (χ3n) is 3.19. The second kappa shape index (κ2) is 5.30. The summed E-state index contributed by atoms with van der Waals surface area (Å²) >= 11 is 0. The second-order valence-electron chi connectivity index (χ2n) is 4.62. The summed E-state index contributed by atoms with van der Waals surface area (Å²) in [5.41, 5.74) is 8.03. The van der Waals surface area contributed by atoms with Gasteiger partial charge in [0.2, 0.25) is 11.7 Å². The first-order valence-corrected chi connectivity index (χ1v) is 6.41. The standard InChI is InChI=1S/C15H15N3O2/c1-10-12(7-8-19-10)15-17-14(20-18-15)9-13(16)11-5-3-2-4-6-11/h2-8,13H,9,16H2,1H3. The molecule has 0 bridgehead atoms. The van der Waals surface area contributed by atoms with Gasteiger partial charge < -0.3 is 14.7 Å². The number of furan rings is 1. The van der Waals surface area contributed by atoms with E-state index in [-0.39, 0.29) is 6.04 Å². The van der Waals surface area contributed by atoms with Crippen molar-refractivity contribution in [1.29, 1.82) is 0 Å². The molecule has 2 aromatic heterocycles. The van der Waals surface area contributed by atoms with Crippen LogP contribution < -0.4 is 5.73 Å². The third kappa shape index (κ3) is 2.48. The first kappa shape index (κ1) is 12.6. The summed E-state index contributed by atoms with van der Waals surface area (Å²) in [7, 11) is 0. The van der Waals surface area contributed by atoms with Crippen molar-refractivity contribution in [3.8, 4) is 11.4 Å². The Morgan fingerprint density at radius 2 is 2.00 bits per heavy atom. The molecule has 3 rings (SSSR count). The zero-order valence-electron chi connectivity index (χ0n) is 11.1. The highest BCUT2D eigenvalue weighted by atomic mass is 16.5. The average Bonchev–Trinajstić information content (AvgIpc) is 3.08. The van der Waals surface area contributed by atoms with Crippen LogP contribution in [-0.2, 0) is 6.42 Å². The largest absolute Gasteiger partial charge is 0.469 e. The molecule has 3 aromatic rings. The Kier molecular flexibility index (Phi) is 3.35. The molecule has 102 valence electrons. The smallest absolute Gasteiger partial charge is 0.228 e. The fraction of sp³-hybridized carbons (Fsp3) is 0.200. The van der Waals surface area contributed by atoms with Gasteiger partial charge in [-0.2, -0.15) is 4.98 Å². The minimum atomic E-state index is -0.157. The average molecular weight is 269 g/mol. The number of aromatic nitrogens is 2. The van der Waals surface area contributed by atoms with E-state index in [4.69, 9.17) is 14.7 Å². The molecular weight excluding hydrogens is 254 g/mol. The van der Waals surface area contributed by atoms with Crippen LogP contribution in [0.15, 0.2) is 51.6 Å². The Morgan fingerprint density at radius 3 is 2.70 bits per heavy atom. The lowest BCUT2D eigenvalue weighted by Crippen LogP contribution is -2.13. The van der Waals surface area contributed by atoms with Crippen LogP contribution in [0, 0.1) is 6.92 Å². The van der Waals surface area contributed by atoms with Crippen molar-refractivity contribution in [2.45, 2.75) is 19.4 Å². The van der Waals surface area contributed by atoms with Gasteiger partial charge in [0.05, 0.1) is 11.8 Å². The van der Waals surface area contributed by atoms with Crippen LogP contribution in [0.4, 0.5) is 0 Å². The Hall–Kier alpha value is -2.40. The molecule has 5 nitrogen and oxygen atoms in total. The fourth-order valence-corrected chi connectivity index (χ4v) is 2.07. The van der Waals surface area contributed by atoms with E-state index in [1.54, 1.807) is 6.26 Å². The molecular formula is C15H15N3O2. The normalized spacial score (nSPS) is 12.5. The summed E-state index contributed by atoms with van der Waals surface area (Å²) < 4.78 is 10.5. The molecule has 0 saturated carbocycles. The van der Waals surface area contributed by atoms with Gasteiger partial charge in [-0.1, -0.05) is 35.5 Å². The summed E-state index contributed by atoms with van der Waals surface area (Å²) in [5.74, 6) is 1.83. The Morgan fingerprint density at radius 1 is 1.20 bits per heavy atom. The SMILES string of the molecule is Cc1occc1-c1noc(CC(N)c2ccccc2)n1. The van der Waals surface area contributed by atoms with Crippen molar-refractivity contribution in [1.82, 2.24) is 10.1 Å². The Bertz CT molecular complexity index is 688. The maximum Gasteiger partial charge on any atom is 0.228 e. The van der Waals surface area contributed by atoms with E-state index in [1.165, 1.54) is 0 Å². The second-order valence-corrected chi connectivity index (χ2v) is 4.62. The molecule has 20 heavy (non-hydrogen) atoms. The van der Waals surface area contributed by atoms with E-state index in [0.717, 1.165) is 16.9 Å². The van der Waals surface area contributed by atoms with E-state index < -0.39 is 0 Å². The van der Waals surface area contributed by atoms with Gasteiger partial charge in [0.1, 0.15) is 5.76 Å². The number of hydrogen-bond acceptors (Lipinski definition) is 5. The van der Waals surface area contributed by atoms with Crippen LogP contribution in [0.3, 0.4) is 0 Å². The zero-order chi connectivity index (χ0) is 13.9. The lowest BCUT2D eigenvalue weighted by atomic mass is 10.1. The number of nitrogens with zero attached hydrogens (tertiary/aromatic N) is 2. The van der Waals surface area contributed by atoms with E-state index >= 15 is 0 Å². The lowest BCUT2D eigenvalue weighted by Gasteiger charge is -2.08. The maximum absolute atomic E-state index is 6.14. The van der Waals surface area contributed by atoms with Gasteiger partial charge in [0.15, 0.2) is 0 Å². The molecule has 5 heteroatoms. The number of hydrogen-bond donors (Lipinski definition) is 1. The van der Waals surface area contributed by atoms with Crippen LogP contribution >= 0.6 is 0 Å². The summed E-state index contributed by atoms with van der Waals surface area (Å²) in [6, 6.07) is 11.5. The minimum absolute atomic E-state index is 0.157. The van der Waals surface area contributed by atoms with E-state index in [1.807, 2.05) is 43.3 Å². The molecule has 0 radical (unpaired) electrons. The van der Waals surface area contributed by atoms with Crippen LogP contribution in [0.2, 0.25) is 0 Å². The molecule has 2 heterocycles. The molecule has 1 atom stereocenters. The predicted molar refractivity (Wildman–Crippen MR) is 73.8 cm³/mol. The van der Waals surface area contributed by atoms with Crippen LogP contribution in [0.5, 0.6) is 0 Å². The molecule has 1 unspecified atom stereocenters. The Labute approximate surface area is 116 Å². The van der Waals surface area contributed by atoms with Crippen molar-refractivity contribution in [3.63, 3.8) is 0 Å². The monoisotopic (exact) mass is 269 g/mol. The van der Waals surface area contributed by atoms with Gasteiger partial charge in [0, 0.05) is 12.5 Å². The highest BCUT2D eigenvalue weighted by Gasteiger charge is 2.15. The summed E-state index contributed by atoms with van der Waals surface area (Å²) in [6.07, 6.45) is 2.12. The van der Waals surface area contributed by atoms with Gasteiger partial charge in [-0.25, -0.2) is 0 Å². The lowest BCUT2D eigenvalue weighted by molar-refractivity contribution is 0.370. The summed E-state index contributed by atoms with van der Waals surface area (Å²) in [5, 5.41) is 3.96. The maximum atomic E-state index is 6.14. The molecule has 0 amide bonds. The van der Waals surface area contributed by atoms with Gasteiger partial charge in [0.25, 0.3) is 0 Å².